The molecule has 2 aliphatic rings. The first-order valence-corrected chi connectivity index (χ1v) is 14.7. The molecule has 0 aliphatic carbocycles. The van der Waals surface area contributed by atoms with Crippen molar-refractivity contribution in [3.63, 3.8) is 0 Å². The molecule has 12 heteroatoms. The second-order valence-electron chi connectivity index (χ2n) is 10.5. The van der Waals surface area contributed by atoms with E-state index in [0.717, 1.165) is 43.6 Å². The number of hydrogen-bond donors (Lipinski definition) is 2. The highest BCUT2D eigenvalue weighted by Crippen LogP contribution is 2.32. The largest absolute Gasteiger partial charge is 0.459 e. The quantitative estimate of drug-likeness (QED) is 0.363. The summed E-state index contributed by atoms with van der Waals surface area (Å²) in [5.41, 5.74) is 4.94. The number of hydroxylamine groups is 1. The van der Waals surface area contributed by atoms with E-state index < -0.39 is 18.1 Å². The predicted molar refractivity (Wildman–Crippen MR) is 156 cm³/mol. The van der Waals surface area contributed by atoms with Gasteiger partial charge in [-0.05, 0) is 31.4 Å². The highest BCUT2D eigenvalue weighted by atomic mass is 16.7. The van der Waals surface area contributed by atoms with E-state index in [-0.39, 0.29) is 24.1 Å². The molecule has 2 aromatic rings. The maximum atomic E-state index is 13.3. The van der Waals surface area contributed by atoms with Crippen LogP contribution in [0.1, 0.15) is 68.7 Å². The first-order valence-electron chi connectivity index (χ1n) is 14.7. The molecule has 1 aromatic carbocycles. The van der Waals surface area contributed by atoms with Crippen molar-refractivity contribution in [2.45, 2.75) is 65.3 Å². The monoisotopic (exact) mass is 582 g/mol. The van der Waals surface area contributed by atoms with Crippen molar-refractivity contribution in [2.24, 2.45) is 0 Å². The highest BCUT2D eigenvalue weighted by Gasteiger charge is 2.30. The van der Waals surface area contributed by atoms with Crippen molar-refractivity contribution in [2.75, 3.05) is 39.9 Å². The van der Waals surface area contributed by atoms with Gasteiger partial charge in [-0.2, -0.15) is 10.6 Å². The minimum absolute atomic E-state index is 0.0324. The van der Waals surface area contributed by atoms with Crippen molar-refractivity contribution in [3.05, 3.63) is 53.5 Å². The molecule has 2 aliphatic heterocycles. The van der Waals surface area contributed by atoms with Gasteiger partial charge < -0.3 is 24.5 Å². The Kier molecular flexibility index (Phi) is 11.0. The van der Waals surface area contributed by atoms with Gasteiger partial charge in [-0.25, -0.2) is 4.79 Å². The lowest BCUT2D eigenvalue weighted by molar-refractivity contribution is -0.158. The molecule has 1 saturated heterocycles. The molecule has 0 saturated carbocycles. The number of rotatable bonds is 12. The number of hydrogen-bond acceptors (Lipinski definition) is 9. The van der Waals surface area contributed by atoms with E-state index in [4.69, 9.17) is 19.4 Å². The Morgan fingerprint density at radius 3 is 2.55 bits per heavy atom. The smallest absolute Gasteiger partial charge is 0.332 e. The van der Waals surface area contributed by atoms with Crippen molar-refractivity contribution in [3.8, 4) is 11.3 Å². The fraction of sp³-hybridized carbons (Fsp3) is 0.533. The van der Waals surface area contributed by atoms with Crippen LogP contribution in [0.2, 0.25) is 0 Å². The SMILES string of the molecule is CCCC(=O)ONC(=O)C1=CN(C)C(c2cccc(-c3cc(C(=O)NC(CC)CC)n(CCN4CCOCC4)n3)c2)O1. The van der Waals surface area contributed by atoms with Gasteiger partial charge in [-0.3, -0.25) is 19.2 Å². The third kappa shape index (κ3) is 7.89. The van der Waals surface area contributed by atoms with Crippen LogP contribution in [0.15, 0.2) is 42.3 Å². The summed E-state index contributed by atoms with van der Waals surface area (Å²) in [6, 6.07) is 9.59. The number of nitrogens with one attached hydrogen (secondary N) is 2. The molecule has 1 aromatic heterocycles. The predicted octanol–water partition coefficient (Wildman–Crippen LogP) is 2.98. The lowest BCUT2D eigenvalue weighted by Gasteiger charge is -2.26. The van der Waals surface area contributed by atoms with Gasteiger partial charge in [0.25, 0.3) is 5.91 Å². The number of carbonyl (C=O) groups excluding carboxylic acids is 3. The van der Waals surface area contributed by atoms with E-state index in [1.807, 2.05) is 37.3 Å². The highest BCUT2D eigenvalue weighted by molar-refractivity contribution is 5.94. The molecule has 4 rings (SSSR count). The molecule has 1 atom stereocenters. The summed E-state index contributed by atoms with van der Waals surface area (Å²) in [6.07, 6.45) is 3.51. The maximum absolute atomic E-state index is 13.3. The Labute approximate surface area is 246 Å². The van der Waals surface area contributed by atoms with Crippen molar-refractivity contribution >= 4 is 17.8 Å². The number of carbonyl (C=O) groups is 3. The van der Waals surface area contributed by atoms with Crippen molar-refractivity contribution in [1.29, 1.82) is 0 Å². The zero-order valence-electron chi connectivity index (χ0n) is 24.9. The van der Waals surface area contributed by atoms with Gasteiger partial charge in [-0.15, -0.1) is 0 Å². The lowest BCUT2D eigenvalue weighted by atomic mass is 10.1. The number of nitrogens with zero attached hydrogens (tertiary/aromatic N) is 4. The Bertz CT molecular complexity index is 1270. The fourth-order valence-electron chi connectivity index (χ4n) is 4.89. The van der Waals surface area contributed by atoms with Crippen LogP contribution in [0.25, 0.3) is 11.3 Å². The third-order valence-electron chi connectivity index (χ3n) is 7.40. The lowest BCUT2D eigenvalue weighted by Crippen LogP contribution is -2.39. The number of ether oxygens (including phenoxy) is 2. The van der Waals surface area contributed by atoms with E-state index in [1.165, 1.54) is 0 Å². The molecular formula is C30H42N6O6. The van der Waals surface area contributed by atoms with Gasteiger partial charge in [0.05, 0.1) is 31.7 Å². The number of aromatic nitrogens is 2. The molecule has 0 radical (unpaired) electrons. The normalized spacial score (nSPS) is 17.1. The first kappa shape index (κ1) is 31.0. The summed E-state index contributed by atoms with van der Waals surface area (Å²) < 4.78 is 13.2. The van der Waals surface area contributed by atoms with Crippen molar-refractivity contribution in [1.82, 2.24) is 30.4 Å². The van der Waals surface area contributed by atoms with Gasteiger partial charge in [0, 0.05) is 50.3 Å². The molecular weight excluding hydrogens is 540 g/mol. The van der Waals surface area contributed by atoms with E-state index >= 15 is 0 Å². The summed E-state index contributed by atoms with van der Waals surface area (Å²) in [5, 5.41) is 7.99. The van der Waals surface area contributed by atoms with Gasteiger partial charge in [0.15, 0.2) is 6.23 Å². The van der Waals surface area contributed by atoms with Crippen LogP contribution in [-0.4, -0.2) is 83.3 Å². The number of amides is 2. The Morgan fingerprint density at radius 2 is 1.83 bits per heavy atom. The van der Waals surface area contributed by atoms with Crippen LogP contribution in [0, 0.1) is 0 Å². The minimum atomic E-state index is -0.642. The molecule has 0 spiro atoms. The standard InChI is InChI=1S/C30H42N6O6/c1-5-9-27(37)42-33-29(39)26-20-34(4)30(41-26)22-11-8-10-21(18-22)24-19-25(28(38)31-23(6-2)7-3)36(32-24)13-12-35-14-16-40-17-15-35/h8,10-11,18-20,23,30H,5-7,9,12-17H2,1-4H3,(H,31,38)(H,33,39). The average Bonchev–Trinajstić information content (AvgIpc) is 3.62. The zero-order valence-corrected chi connectivity index (χ0v) is 24.9. The maximum Gasteiger partial charge on any atom is 0.332 e. The Hall–Kier alpha value is -3.90. The number of morpholine rings is 1. The molecule has 1 fully saturated rings. The minimum Gasteiger partial charge on any atom is -0.459 e. The topological polar surface area (TPSA) is 127 Å². The van der Waals surface area contributed by atoms with Crippen LogP contribution >= 0.6 is 0 Å². The van der Waals surface area contributed by atoms with E-state index in [1.54, 1.807) is 22.8 Å². The zero-order chi connectivity index (χ0) is 30.1. The third-order valence-corrected chi connectivity index (χ3v) is 7.40. The van der Waals surface area contributed by atoms with Gasteiger partial charge in [0.2, 0.25) is 5.76 Å². The Morgan fingerprint density at radius 1 is 1.07 bits per heavy atom. The summed E-state index contributed by atoms with van der Waals surface area (Å²) in [6.45, 7) is 10.4. The van der Waals surface area contributed by atoms with Crippen LogP contribution < -0.4 is 10.8 Å². The second kappa shape index (κ2) is 14.8. The Balaban J connectivity index is 1.51. The van der Waals surface area contributed by atoms with E-state index in [0.29, 0.717) is 37.6 Å². The van der Waals surface area contributed by atoms with Crippen LogP contribution in [0.3, 0.4) is 0 Å². The van der Waals surface area contributed by atoms with Gasteiger partial charge in [0.1, 0.15) is 5.69 Å². The van der Waals surface area contributed by atoms with Gasteiger partial charge >= 0.3 is 11.9 Å². The van der Waals surface area contributed by atoms with Crippen molar-refractivity contribution < 1.29 is 28.7 Å². The van der Waals surface area contributed by atoms with Gasteiger partial charge in [-0.1, -0.05) is 39.0 Å². The van der Waals surface area contributed by atoms with E-state index in [2.05, 4.69) is 29.5 Å². The summed E-state index contributed by atoms with van der Waals surface area (Å²) in [5.74, 6) is -1.26. The molecule has 228 valence electrons. The van der Waals surface area contributed by atoms with Crippen LogP contribution in [0.4, 0.5) is 0 Å². The molecule has 3 heterocycles. The molecule has 2 N–H and O–H groups in total. The average molecular weight is 583 g/mol. The molecule has 0 bridgehead atoms. The first-order chi connectivity index (χ1) is 20.3. The summed E-state index contributed by atoms with van der Waals surface area (Å²) in [7, 11) is 1.79. The molecule has 12 nitrogen and oxygen atoms in total. The van der Waals surface area contributed by atoms with E-state index in [9.17, 15) is 14.4 Å². The second-order valence-corrected chi connectivity index (χ2v) is 10.5. The molecule has 42 heavy (non-hydrogen) atoms. The molecule has 2 amide bonds. The van der Waals surface area contributed by atoms with Crippen LogP contribution in [-0.2, 0) is 30.4 Å². The van der Waals surface area contributed by atoms with Crippen LogP contribution in [0.5, 0.6) is 0 Å². The summed E-state index contributed by atoms with van der Waals surface area (Å²) >= 11 is 0. The fourth-order valence-corrected chi connectivity index (χ4v) is 4.89. The molecule has 1 unspecified atom stereocenters. The number of benzene rings is 1. The summed E-state index contributed by atoms with van der Waals surface area (Å²) in [4.78, 5) is 46.3.